The van der Waals surface area contributed by atoms with Crippen molar-refractivity contribution in [3.8, 4) is 11.4 Å². The van der Waals surface area contributed by atoms with Gasteiger partial charge in [0.05, 0.1) is 4.90 Å². The zero-order valence-corrected chi connectivity index (χ0v) is 9.79. The van der Waals surface area contributed by atoms with Crippen LogP contribution in [0.4, 0.5) is 0 Å². The topological polar surface area (TPSA) is 73.1 Å². The van der Waals surface area contributed by atoms with E-state index in [2.05, 4.69) is 10.1 Å². The Balaban J connectivity index is 2.40. The molecule has 0 bridgehead atoms. The summed E-state index contributed by atoms with van der Waals surface area (Å²) in [6.45, 7) is 1.67. The van der Waals surface area contributed by atoms with Gasteiger partial charge < -0.3 is 4.52 Å². The first kappa shape index (κ1) is 11.1. The van der Waals surface area contributed by atoms with E-state index in [1.54, 1.807) is 19.1 Å². The van der Waals surface area contributed by atoms with E-state index in [0.29, 0.717) is 17.3 Å². The highest BCUT2D eigenvalue weighted by atomic mass is 35.7. The Labute approximate surface area is 96.5 Å². The van der Waals surface area contributed by atoms with Gasteiger partial charge in [-0.15, -0.1) is 0 Å². The molecule has 1 aromatic heterocycles. The summed E-state index contributed by atoms with van der Waals surface area (Å²) in [7, 11) is 1.49. The summed E-state index contributed by atoms with van der Waals surface area (Å²) in [5.74, 6) is 0.861. The summed E-state index contributed by atoms with van der Waals surface area (Å²) in [6, 6.07) is 5.92. The average molecular weight is 259 g/mol. The molecule has 1 aromatic carbocycles. The van der Waals surface area contributed by atoms with E-state index in [9.17, 15) is 8.42 Å². The van der Waals surface area contributed by atoms with Gasteiger partial charge >= 0.3 is 0 Å². The van der Waals surface area contributed by atoms with Gasteiger partial charge in [0.1, 0.15) is 0 Å². The number of halogens is 1. The van der Waals surface area contributed by atoms with Crippen LogP contribution >= 0.6 is 10.7 Å². The summed E-state index contributed by atoms with van der Waals surface area (Å²) in [5.41, 5.74) is 0.668. The van der Waals surface area contributed by atoms with Crippen LogP contribution in [-0.2, 0) is 9.05 Å². The maximum absolute atomic E-state index is 11.0. The molecule has 16 heavy (non-hydrogen) atoms. The molecule has 84 valence electrons. The molecule has 0 spiro atoms. The predicted octanol–water partition coefficient (Wildman–Crippen LogP) is 1.97. The second-order valence-electron chi connectivity index (χ2n) is 3.10. The zero-order valence-electron chi connectivity index (χ0n) is 8.21. The number of nitrogens with zero attached hydrogens (tertiary/aromatic N) is 2. The van der Waals surface area contributed by atoms with E-state index in [1.165, 1.54) is 12.1 Å². The van der Waals surface area contributed by atoms with Crippen LogP contribution in [0.5, 0.6) is 0 Å². The van der Waals surface area contributed by atoms with Crippen molar-refractivity contribution >= 4 is 19.7 Å². The van der Waals surface area contributed by atoms with Gasteiger partial charge in [0.2, 0.25) is 11.7 Å². The second-order valence-corrected chi connectivity index (χ2v) is 5.67. The van der Waals surface area contributed by atoms with Gasteiger partial charge in [-0.2, -0.15) is 4.98 Å². The molecule has 0 unspecified atom stereocenters. The van der Waals surface area contributed by atoms with E-state index in [4.69, 9.17) is 15.2 Å². The molecule has 2 rings (SSSR count). The molecule has 0 radical (unpaired) electrons. The van der Waals surface area contributed by atoms with Crippen molar-refractivity contribution in [2.24, 2.45) is 0 Å². The summed E-state index contributed by atoms with van der Waals surface area (Å²) >= 11 is 0. The number of hydrogen-bond acceptors (Lipinski definition) is 5. The molecule has 5 nitrogen and oxygen atoms in total. The molecule has 0 amide bonds. The maximum Gasteiger partial charge on any atom is 0.261 e. The lowest BCUT2D eigenvalue weighted by Crippen LogP contribution is -1.90. The Kier molecular flexibility index (Phi) is 2.69. The van der Waals surface area contributed by atoms with Gasteiger partial charge in [-0.05, 0) is 24.3 Å². The van der Waals surface area contributed by atoms with Crippen LogP contribution in [0, 0.1) is 6.92 Å². The van der Waals surface area contributed by atoms with Crippen LogP contribution in [0.25, 0.3) is 11.4 Å². The Hall–Kier alpha value is -1.40. The summed E-state index contributed by atoms with van der Waals surface area (Å²) in [6.07, 6.45) is 0. The smallest absolute Gasteiger partial charge is 0.261 e. The summed E-state index contributed by atoms with van der Waals surface area (Å²) in [4.78, 5) is 4.05. The van der Waals surface area contributed by atoms with Crippen molar-refractivity contribution < 1.29 is 12.9 Å². The average Bonchev–Trinajstić information content (AvgIpc) is 2.64. The monoisotopic (exact) mass is 258 g/mol. The van der Waals surface area contributed by atoms with Crippen molar-refractivity contribution in [3.63, 3.8) is 0 Å². The first-order valence-corrected chi connectivity index (χ1v) is 6.63. The highest BCUT2D eigenvalue weighted by molar-refractivity contribution is 8.13. The lowest BCUT2D eigenvalue weighted by Gasteiger charge is -1.97. The molecule has 0 aliphatic heterocycles. The summed E-state index contributed by atoms with van der Waals surface area (Å²) in [5, 5.41) is 3.71. The fourth-order valence-electron chi connectivity index (χ4n) is 1.18. The second kappa shape index (κ2) is 3.88. The quantitative estimate of drug-likeness (QED) is 0.770. The van der Waals surface area contributed by atoms with Crippen LogP contribution in [-0.4, -0.2) is 18.6 Å². The summed E-state index contributed by atoms with van der Waals surface area (Å²) < 4.78 is 26.8. The lowest BCUT2D eigenvalue weighted by molar-refractivity contribution is 0.394. The first-order chi connectivity index (χ1) is 7.47. The van der Waals surface area contributed by atoms with Crippen molar-refractivity contribution in [1.82, 2.24) is 10.1 Å². The van der Waals surface area contributed by atoms with E-state index >= 15 is 0 Å². The first-order valence-electron chi connectivity index (χ1n) is 4.32. The normalized spacial score (nSPS) is 11.6. The molecule has 0 fully saturated rings. The minimum absolute atomic E-state index is 0.0399. The molecule has 0 N–H and O–H groups in total. The molecule has 0 atom stereocenters. The standard InChI is InChI=1S/C9H7ClN2O3S/c1-6-11-9(12-15-6)7-2-4-8(5-3-7)16(10,13)14/h2-5H,1H3. The molecular weight excluding hydrogens is 252 g/mol. The van der Waals surface area contributed by atoms with Gasteiger partial charge in [0.25, 0.3) is 9.05 Å². The fourth-order valence-corrected chi connectivity index (χ4v) is 1.95. The molecular formula is C9H7ClN2O3S. The van der Waals surface area contributed by atoms with E-state index in [0.717, 1.165) is 0 Å². The third kappa shape index (κ3) is 2.23. The predicted molar refractivity (Wildman–Crippen MR) is 57.5 cm³/mol. The van der Waals surface area contributed by atoms with E-state index < -0.39 is 9.05 Å². The van der Waals surface area contributed by atoms with Gasteiger partial charge in [0, 0.05) is 23.2 Å². The van der Waals surface area contributed by atoms with Crippen molar-refractivity contribution in [3.05, 3.63) is 30.2 Å². The van der Waals surface area contributed by atoms with E-state index in [1.807, 2.05) is 0 Å². The number of rotatable bonds is 2. The lowest BCUT2D eigenvalue weighted by atomic mass is 10.2. The third-order valence-corrected chi connectivity index (χ3v) is 3.29. The fraction of sp³-hybridized carbons (Fsp3) is 0.111. The van der Waals surface area contributed by atoms with Crippen LogP contribution in [0.2, 0.25) is 0 Å². The molecule has 0 saturated carbocycles. The number of aryl methyl sites for hydroxylation is 1. The molecule has 0 saturated heterocycles. The Morgan fingerprint density at radius 3 is 2.31 bits per heavy atom. The number of hydrogen-bond donors (Lipinski definition) is 0. The molecule has 2 aromatic rings. The highest BCUT2D eigenvalue weighted by Crippen LogP contribution is 2.20. The van der Waals surface area contributed by atoms with Crippen molar-refractivity contribution in [2.45, 2.75) is 11.8 Å². The Morgan fingerprint density at radius 1 is 1.25 bits per heavy atom. The SMILES string of the molecule is Cc1nc(-c2ccc(S(=O)(=O)Cl)cc2)no1. The van der Waals surface area contributed by atoms with Crippen LogP contribution < -0.4 is 0 Å². The third-order valence-electron chi connectivity index (χ3n) is 1.92. The highest BCUT2D eigenvalue weighted by Gasteiger charge is 2.11. The van der Waals surface area contributed by atoms with Crippen LogP contribution in [0.1, 0.15) is 5.89 Å². The largest absolute Gasteiger partial charge is 0.339 e. The van der Waals surface area contributed by atoms with Crippen LogP contribution in [0.15, 0.2) is 33.7 Å². The van der Waals surface area contributed by atoms with E-state index in [-0.39, 0.29) is 4.90 Å². The Morgan fingerprint density at radius 2 is 1.88 bits per heavy atom. The number of benzene rings is 1. The number of aromatic nitrogens is 2. The van der Waals surface area contributed by atoms with Gasteiger partial charge in [0.15, 0.2) is 0 Å². The van der Waals surface area contributed by atoms with Gasteiger partial charge in [-0.1, -0.05) is 5.16 Å². The van der Waals surface area contributed by atoms with Gasteiger partial charge in [-0.25, -0.2) is 8.42 Å². The van der Waals surface area contributed by atoms with Crippen LogP contribution in [0.3, 0.4) is 0 Å². The molecule has 7 heteroatoms. The zero-order chi connectivity index (χ0) is 11.8. The maximum atomic E-state index is 11.0. The van der Waals surface area contributed by atoms with Crippen molar-refractivity contribution in [2.75, 3.05) is 0 Å². The molecule has 0 aliphatic rings. The molecule has 0 aliphatic carbocycles. The molecule has 1 heterocycles. The van der Waals surface area contributed by atoms with Gasteiger partial charge in [-0.3, -0.25) is 0 Å². The Bertz CT molecular complexity index is 604. The minimum Gasteiger partial charge on any atom is -0.339 e. The minimum atomic E-state index is -3.69. The van der Waals surface area contributed by atoms with Crippen molar-refractivity contribution in [1.29, 1.82) is 0 Å².